The third-order valence-electron chi connectivity index (χ3n) is 4.57. The van der Waals surface area contributed by atoms with Gasteiger partial charge in [-0.2, -0.15) is 0 Å². The topological polar surface area (TPSA) is 97.9 Å². The Labute approximate surface area is 210 Å². The third-order valence-corrected chi connectivity index (χ3v) is 5.60. The Morgan fingerprint density at radius 1 is 0.971 bits per heavy atom. The lowest BCUT2D eigenvalue weighted by Gasteiger charge is -2.12. The van der Waals surface area contributed by atoms with Gasteiger partial charge < -0.3 is 14.2 Å². The second-order valence-corrected chi connectivity index (χ2v) is 8.03. The normalized spacial score (nSPS) is 10.6. The quantitative estimate of drug-likeness (QED) is 0.237. The van der Waals surface area contributed by atoms with E-state index in [1.54, 1.807) is 37.5 Å². The summed E-state index contributed by atoms with van der Waals surface area (Å²) in [6, 6.07) is 16.7. The van der Waals surface area contributed by atoms with E-state index in [4.69, 9.17) is 26.4 Å². The molecular formula is C24H22BrN3O5S. The number of amides is 2. The molecule has 0 bridgehead atoms. The fourth-order valence-electron chi connectivity index (χ4n) is 2.94. The number of carbonyl (C=O) groups is 2. The number of thiocarbonyl (C=S) groups is 1. The summed E-state index contributed by atoms with van der Waals surface area (Å²) in [6.45, 7) is -0.250. The van der Waals surface area contributed by atoms with Crippen LogP contribution < -0.4 is 30.4 Å². The first kappa shape index (κ1) is 25.0. The Bertz CT molecular complexity index is 1250. The van der Waals surface area contributed by atoms with Crippen LogP contribution in [0.25, 0.3) is 16.8 Å². The monoisotopic (exact) mass is 543 g/mol. The van der Waals surface area contributed by atoms with E-state index in [-0.39, 0.29) is 11.7 Å². The minimum Gasteiger partial charge on any atom is -0.493 e. The fourth-order valence-corrected chi connectivity index (χ4v) is 3.70. The van der Waals surface area contributed by atoms with Gasteiger partial charge in [0.1, 0.15) is 5.75 Å². The maximum absolute atomic E-state index is 12.1. The highest BCUT2D eigenvalue weighted by atomic mass is 79.9. The summed E-state index contributed by atoms with van der Waals surface area (Å²) in [5.74, 6) is 0.713. The van der Waals surface area contributed by atoms with Crippen LogP contribution >= 0.6 is 28.1 Å². The first-order chi connectivity index (χ1) is 16.4. The van der Waals surface area contributed by atoms with Gasteiger partial charge in [0.2, 0.25) is 5.91 Å². The van der Waals surface area contributed by atoms with Crippen molar-refractivity contribution < 1.29 is 23.8 Å². The van der Waals surface area contributed by atoms with E-state index >= 15 is 0 Å². The van der Waals surface area contributed by atoms with Crippen LogP contribution in [0.1, 0.15) is 5.56 Å². The molecule has 0 aliphatic heterocycles. The van der Waals surface area contributed by atoms with Crippen LogP contribution in [0.2, 0.25) is 0 Å². The third kappa shape index (κ3) is 6.69. The predicted molar refractivity (Wildman–Crippen MR) is 138 cm³/mol. The lowest BCUT2D eigenvalue weighted by molar-refractivity contribution is -0.123. The molecule has 0 fully saturated rings. The first-order valence-electron chi connectivity index (χ1n) is 10.0. The van der Waals surface area contributed by atoms with Crippen molar-refractivity contribution in [3.63, 3.8) is 0 Å². The molecule has 0 aliphatic rings. The van der Waals surface area contributed by atoms with Crippen molar-refractivity contribution in [3.8, 4) is 17.2 Å². The first-order valence-corrected chi connectivity index (χ1v) is 11.2. The Balaban J connectivity index is 1.44. The van der Waals surface area contributed by atoms with E-state index in [9.17, 15) is 9.59 Å². The maximum Gasteiger partial charge on any atom is 0.276 e. The van der Waals surface area contributed by atoms with Gasteiger partial charge >= 0.3 is 0 Å². The Hall–Kier alpha value is -3.63. The molecule has 176 valence electrons. The number of hydrogen-bond donors (Lipinski definition) is 3. The van der Waals surface area contributed by atoms with Gasteiger partial charge in [-0.25, -0.2) is 0 Å². The number of hydrogen-bond acceptors (Lipinski definition) is 6. The second kappa shape index (κ2) is 12.0. The summed E-state index contributed by atoms with van der Waals surface area (Å²) >= 11 is 8.53. The Morgan fingerprint density at radius 2 is 1.71 bits per heavy atom. The number of benzene rings is 3. The molecule has 0 spiro atoms. The second-order valence-electron chi connectivity index (χ2n) is 6.83. The molecule has 3 N–H and O–H groups in total. The summed E-state index contributed by atoms with van der Waals surface area (Å²) in [6.07, 6.45) is 2.89. The molecule has 10 heteroatoms. The van der Waals surface area contributed by atoms with E-state index < -0.39 is 11.8 Å². The molecule has 0 atom stereocenters. The van der Waals surface area contributed by atoms with Crippen LogP contribution in [-0.4, -0.2) is 37.8 Å². The smallest absolute Gasteiger partial charge is 0.276 e. The summed E-state index contributed by atoms with van der Waals surface area (Å²) < 4.78 is 16.8. The highest BCUT2D eigenvalue weighted by molar-refractivity contribution is 9.10. The van der Waals surface area contributed by atoms with Gasteiger partial charge in [-0.3, -0.25) is 25.8 Å². The van der Waals surface area contributed by atoms with Gasteiger partial charge in [0.05, 0.1) is 18.7 Å². The highest BCUT2D eigenvalue weighted by Crippen LogP contribution is 2.33. The zero-order valence-corrected chi connectivity index (χ0v) is 20.8. The van der Waals surface area contributed by atoms with Gasteiger partial charge in [0.25, 0.3) is 5.91 Å². The Morgan fingerprint density at radius 3 is 2.47 bits per heavy atom. The summed E-state index contributed by atoms with van der Waals surface area (Å²) in [4.78, 5) is 24.2. The van der Waals surface area contributed by atoms with Crippen molar-refractivity contribution in [2.75, 3.05) is 20.8 Å². The van der Waals surface area contributed by atoms with Gasteiger partial charge in [0, 0.05) is 6.08 Å². The van der Waals surface area contributed by atoms with Crippen molar-refractivity contribution >= 4 is 61.9 Å². The fraction of sp³-hybridized carbons (Fsp3) is 0.125. The number of rotatable bonds is 7. The zero-order valence-electron chi connectivity index (χ0n) is 18.4. The van der Waals surface area contributed by atoms with E-state index in [0.717, 1.165) is 20.8 Å². The number of fused-ring (bicyclic) bond motifs is 1. The zero-order chi connectivity index (χ0) is 24.5. The number of hydrazine groups is 1. The molecule has 0 aromatic heterocycles. The van der Waals surface area contributed by atoms with Crippen LogP contribution in [0.3, 0.4) is 0 Å². The number of ether oxygens (including phenoxy) is 3. The summed E-state index contributed by atoms with van der Waals surface area (Å²) in [7, 11) is 3.07. The van der Waals surface area contributed by atoms with Crippen molar-refractivity contribution in [2.45, 2.75) is 0 Å². The average Bonchev–Trinajstić information content (AvgIpc) is 2.85. The molecular weight excluding hydrogens is 522 g/mol. The van der Waals surface area contributed by atoms with Crippen molar-refractivity contribution in [2.24, 2.45) is 0 Å². The molecule has 0 radical (unpaired) electrons. The van der Waals surface area contributed by atoms with Crippen LogP contribution in [0, 0.1) is 0 Å². The molecule has 0 heterocycles. The van der Waals surface area contributed by atoms with Crippen LogP contribution in [0.4, 0.5) is 0 Å². The van der Waals surface area contributed by atoms with Gasteiger partial charge in [-0.05, 0) is 68.8 Å². The van der Waals surface area contributed by atoms with Crippen LogP contribution in [-0.2, 0) is 9.59 Å². The number of halogens is 1. The molecule has 3 aromatic carbocycles. The minimum atomic E-state index is -0.475. The Kier molecular flexibility index (Phi) is 8.83. The van der Waals surface area contributed by atoms with E-state index in [2.05, 4.69) is 32.1 Å². The lowest BCUT2D eigenvalue weighted by Crippen LogP contribution is -2.49. The molecule has 2 amide bonds. The number of nitrogens with one attached hydrogen (secondary N) is 3. The van der Waals surface area contributed by atoms with Crippen LogP contribution in [0.5, 0.6) is 17.2 Å². The maximum atomic E-state index is 12.1. The largest absolute Gasteiger partial charge is 0.493 e. The molecule has 0 unspecified atom stereocenters. The van der Waals surface area contributed by atoms with Gasteiger partial charge in [-0.1, -0.05) is 36.4 Å². The van der Waals surface area contributed by atoms with Crippen molar-refractivity contribution in [3.05, 3.63) is 70.7 Å². The standard InChI is InChI=1S/C24H22BrN3O5S/c1-31-18-10-7-15(13-20(18)32-2)8-12-21(29)26-24(34)28-27-22(30)14-33-19-11-9-16-5-3-4-6-17(16)23(19)25/h3-13H,14H2,1-2H3,(H,27,30)(H2,26,28,29,34). The molecule has 3 rings (SSSR count). The predicted octanol–water partition coefficient (Wildman–Crippen LogP) is 3.73. The molecule has 3 aromatic rings. The number of carbonyl (C=O) groups excluding carboxylic acids is 2. The van der Waals surface area contributed by atoms with Gasteiger partial charge in [0.15, 0.2) is 23.2 Å². The molecule has 0 saturated heterocycles. The lowest BCUT2D eigenvalue weighted by atomic mass is 10.1. The molecule has 34 heavy (non-hydrogen) atoms. The van der Waals surface area contributed by atoms with E-state index in [1.807, 2.05) is 30.3 Å². The average molecular weight is 544 g/mol. The molecule has 0 aliphatic carbocycles. The SMILES string of the molecule is COc1ccc(C=CC(=O)NC(=S)NNC(=O)COc2ccc3ccccc3c2Br)cc1OC. The van der Waals surface area contributed by atoms with E-state index in [1.165, 1.54) is 13.2 Å². The summed E-state index contributed by atoms with van der Waals surface area (Å²) in [5.41, 5.74) is 5.57. The molecule has 0 saturated carbocycles. The summed E-state index contributed by atoms with van der Waals surface area (Å²) in [5, 5.41) is 4.39. The van der Waals surface area contributed by atoms with Crippen LogP contribution in [0.15, 0.2) is 65.1 Å². The van der Waals surface area contributed by atoms with E-state index in [0.29, 0.717) is 17.2 Å². The van der Waals surface area contributed by atoms with Gasteiger partial charge in [-0.15, -0.1) is 0 Å². The van der Waals surface area contributed by atoms with Crippen molar-refractivity contribution in [1.29, 1.82) is 0 Å². The minimum absolute atomic E-state index is 0.0674. The highest BCUT2D eigenvalue weighted by Gasteiger charge is 2.09. The van der Waals surface area contributed by atoms with Crippen molar-refractivity contribution in [1.82, 2.24) is 16.2 Å². The number of methoxy groups -OCH3 is 2. The molecule has 8 nitrogen and oxygen atoms in total.